The van der Waals surface area contributed by atoms with Crippen LogP contribution in [0.25, 0.3) is 0 Å². The van der Waals surface area contributed by atoms with E-state index in [-0.39, 0.29) is 0 Å². The number of hydrogen-bond acceptors (Lipinski definition) is 4. The maximum atomic E-state index is 10.1. The first-order valence-corrected chi connectivity index (χ1v) is 9.23. The van der Waals surface area contributed by atoms with Crippen molar-refractivity contribution in [2.45, 2.75) is 89.1 Å². The molecule has 3 rings (SSSR count). The van der Waals surface area contributed by atoms with Crippen LogP contribution in [0.1, 0.15) is 77.0 Å². The van der Waals surface area contributed by atoms with Crippen LogP contribution in [-0.2, 0) is 4.79 Å². The maximum Gasteiger partial charge on any atom is 0.331 e. The number of nitrogens with one attached hydrogen (secondary N) is 1. The summed E-state index contributed by atoms with van der Waals surface area (Å²) in [6.07, 6.45) is 16.6. The third-order valence-electron chi connectivity index (χ3n) is 5.03. The van der Waals surface area contributed by atoms with E-state index in [1.165, 1.54) is 69.5 Å². The van der Waals surface area contributed by atoms with Crippen LogP contribution in [0.15, 0.2) is 17.5 Å². The zero-order valence-corrected chi connectivity index (χ0v) is 14.6. The maximum absolute atomic E-state index is 10.1. The Morgan fingerprint density at radius 3 is 1.50 bits per heavy atom. The van der Waals surface area contributed by atoms with Gasteiger partial charge in [-0.1, -0.05) is 45.1 Å². The molecule has 3 aliphatic carbocycles. The van der Waals surface area contributed by atoms with Gasteiger partial charge in [0.25, 0.3) is 0 Å². The van der Waals surface area contributed by atoms with Crippen LogP contribution in [-0.4, -0.2) is 28.4 Å². The molecule has 3 aliphatic rings. The molecule has 3 fully saturated rings. The average Bonchev–Trinajstić information content (AvgIpc) is 3.42. The highest BCUT2D eigenvalue weighted by atomic mass is 16.6. The zero-order valence-electron chi connectivity index (χ0n) is 14.6. The average molecular weight is 340 g/mol. The molecule has 24 heavy (non-hydrogen) atoms. The predicted molar refractivity (Wildman–Crippen MR) is 94.0 cm³/mol. The Hall–Kier alpha value is -1.43. The molecule has 0 aromatic heterocycles. The van der Waals surface area contributed by atoms with Crippen LogP contribution >= 0.6 is 0 Å². The lowest BCUT2D eigenvalue weighted by atomic mass is 9.91. The molecule has 0 unspecified atom stereocenters. The first-order chi connectivity index (χ1) is 11.6. The van der Waals surface area contributed by atoms with Crippen LogP contribution < -0.4 is 5.32 Å². The lowest BCUT2D eigenvalue weighted by molar-refractivity contribution is -0.132. The molecule has 6 nitrogen and oxygen atoms in total. The highest BCUT2D eigenvalue weighted by Crippen LogP contribution is 2.35. The van der Waals surface area contributed by atoms with Crippen molar-refractivity contribution in [1.82, 2.24) is 5.32 Å². The molecular formula is C18H32N2O4. The van der Waals surface area contributed by atoms with E-state index in [9.17, 15) is 4.79 Å². The van der Waals surface area contributed by atoms with E-state index in [4.69, 9.17) is 15.2 Å². The van der Waals surface area contributed by atoms with Gasteiger partial charge in [-0.3, -0.25) is 0 Å². The summed E-state index contributed by atoms with van der Waals surface area (Å²) in [4.78, 5) is 18.2. The van der Waals surface area contributed by atoms with Gasteiger partial charge in [0, 0.05) is 17.7 Å². The van der Waals surface area contributed by atoms with Crippen molar-refractivity contribution < 1.29 is 15.1 Å². The minimum Gasteiger partial charge on any atom is -0.478 e. The Labute approximate surface area is 144 Å². The van der Waals surface area contributed by atoms with Crippen molar-refractivity contribution in [1.29, 1.82) is 0 Å². The summed E-state index contributed by atoms with van der Waals surface area (Å²) >= 11 is 0. The lowest BCUT2D eigenvalue weighted by Crippen LogP contribution is -2.40. The summed E-state index contributed by atoms with van der Waals surface area (Å²) < 4.78 is 0. The van der Waals surface area contributed by atoms with Gasteiger partial charge in [-0.05, 0) is 44.4 Å². The summed E-state index contributed by atoms with van der Waals surface area (Å²) in [5, 5.41) is 20.0. The van der Waals surface area contributed by atoms with Gasteiger partial charge in [0.15, 0.2) is 5.34 Å². The van der Waals surface area contributed by atoms with Crippen LogP contribution in [0.4, 0.5) is 0 Å². The molecule has 0 saturated heterocycles. The molecule has 0 amide bonds. The molecule has 0 aromatic carbocycles. The summed E-state index contributed by atoms with van der Waals surface area (Å²) in [6.45, 7) is 3.42. The number of hydrogen-bond donors (Lipinski definition) is 3. The van der Waals surface area contributed by atoms with E-state index in [2.05, 4.69) is 11.9 Å². The predicted octanol–water partition coefficient (Wildman–Crippen LogP) is 4.42. The smallest absolute Gasteiger partial charge is 0.331 e. The summed E-state index contributed by atoms with van der Waals surface area (Å²) in [5.41, 5.74) is 0.380. The van der Waals surface area contributed by atoms with Crippen molar-refractivity contribution in [3.05, 3.63) is 17.1 Å². The van der Waals surface area contributed by atoms with Crippen LogP contribution in [0.3, 0.4) is 0 Å². The van der Waals surface area contributed by atoms with Gasteiger partial charge in [0.1, 0.15) is 0 Å². The van der Waals surface area contributed by atoms with Gasteiger partial charge < -0.3 is 15.6 Å². The number of aliphatic carboxylic acids is 1. The molecule has 0 spiro atoms. The van der Waals surface area contributed by atoms with E-state index in [1.807, 2.05) is 0 Å². The minimum atomic E-state index is -0.840. The molecule has 3 saturated carbocycles. The second-order valence-electron chi connectivity index (χ2n) is 7.02. The van der Waals surface area contributed by atoms with Gasteiger partial charge in [-0.2, -0.15) is 0 Å². The van der Waals surface area contributed by atoms with Crippen LogP contribution in [0.2, 0.25) is 0 Å². The molecular weight excluding hydrogens is 308 g/mol. The van der Waals surface area contributed by atoms with Crippen molar-refractivity contribution in [3.8, 4) is 0 Å². The Morgan fingerprint density at radius 2 is 1.25 bits per heavy atom. The van der Waals surface area contributed by atoms with E-state index >= 15 is 0 Å². The molecule has 0 aromatic rings. The van der Waals surface area contributed by atoms with Gasteiger partial charge in [0.2, 0.25) is 0 Å². The quantitative estimate of drug-likeness (QED) is 0.400. The highest BCUT2D eigenvalue weighted by Gasteiger charge is 2.28. The van der Waals surface area contributed by atoms with E-state index < -0.39 is 5.97 Å². The molecule has 138 valence electrons. The lowest BCUT2D eigenvalue weighted by Gasteiger charge is -2.30. The first kappa shape index (κ1) is 20.6. The van der Waals surface area contributed by atoms with Crippen molar-refractivity contribution >= 4 is 5.97 Å². The number of carboxylic acids is 1. The van der Waals surface area contributed by atoms with E-state index in [1.54, 1.807) is 0 Å². The van der Waals surface area contributed by atoms with Crippen LogP contribution in [0, 0.1) is 10.8 Å². The van der Waals surface area contributed by atoms with Gasteiger partial charge in [0.05, 0.1) is 0 Å². The van der Waals surface area contributed by atoms with Gasteiger partial charge >= 0.3 is 5.97 Å². The van der Waals surface area contributed by atoms with Gasteiger partial charge in [-0.25, -0.2) is 4.79 Å². The second-order valence-corrected chi connectivity index (χ2v) is 7.02. The molecule has 0 heterocycles. The topological polar surface area (TPSA) is 99.0 Å². The zero-order chi connectivity index (χ0) is 17.8. The first-order valence-electron chi connectivity index (χ1n) is 9.23. The van der Waals surface area contributed by atoms with Crippen molar-refractivity contribution in [2.75, 3.05) is 0 Å². The molecule has 6 heteroatoms. The minimum absolute atomic E-state index is 0.299. The molecule has 3 N–H and O–H groups in total. The summed E-state index contributed by atoms with van der Waals surface area (Å²) in [6, 6.07) is 1.74. The molecule has 0 atom stereocenters. The van der Waals surface area contributed by atoms with E-state index in [0.29, 0.717) is 11.5 Å². The van der Waals surface area contributed by atoms with E-state index in [0.717, 1.165) is 24.9 Å². The standard InChI is InChI=1S/C12H23N.C6H8O2.HNO2/c1-3-7-11(8-4-1)13-12-9-5-2-6-10-12;1-4(6(7)8)5-2-3-5;2-1-3/h11-13H,1-10H2;5H,1-3H2,(H,7,8);(H,2,3). The van der Waals surface area contributed by atoms with Crippen molar-refractivity contribution in [3.63, 3.8) is 0 Å². The summed E-state index contributed by atoms with van der Waals surface area (Å²) in [7, 11) is 0. The van der Waals surface area contributed by atoms with Crippen molar-refractivity contribution in [2.24, 2.45) is 11.3 Å². The number of nitrogens with zero attached hydrogens (tertiary/aromatic N) is 1. The largest absolute Gasteiger partial charge is 0.478 e. The number of rotatable bonds is 4. The third kappa shape index (κ3) is 9.01. The Bertz CT molecular complexity index is 368. The number of carboxylic acid groups (broad SMARTS) is 1. The third-order valence-corrected chi connectivity index (χ3v) is 5.03. The highest BCUT2D eigenvalue weighted by molar-refractivity contribution is 5.86. The SMILES string of the molecule is C1CCC(NC2CCCCC2)CC1.C=C(C(=O)O)C1CC1.O=NO. The Balaban J connectivity index is 0.000000224. The normalized spacial score (nSPS) is 21.5. The molecule has 0 radical (unpaired) electrons. The fourth-order valence-corrected chi connectivity index (χ4v) is 3.48. The monoisotopic (exact) mass is 340 g/mol. The van der Waals surface area contributed by atoms with Gasteiger partial charge in [-0.15, -0.1) is 4.91 Å². The number of carbonyl (C=O) groups is 1. The fraction of sp³-hybridized carbons (Fsp3) is 0.833. The summed E-state index contributed by atoms with van der Waals surface area (Å²) in [5.74, 6) is -0.542. The van der Waals surface area contributed by atoms with Crippen LogP contribution in [0.5, 0.6) is 0 Å². The Morgan fingerprint density at radius 1 is 0.875 bits per heavy atom. The second kappa shape index (κ2) is 12.0. The molecule has 0 bridgehead atoms. The fourth-order valence-electron chi connectivity index (χ4n) is 3.48. The Kier molecular flexibility index (Phi) is 10.3. The molecule has 0 aliphatic heterocycles.